The van der Waals surface area contributed by atoms with E-state index in [1.165, 1.54) is 0 Å². The van der Waals surface area contributed by atoms with Gasteiger partial charge in [-0.25, -0.2) is 4.98 Å². The maximum Gasteiger partial charge on any atom is 0.188 e. The van der Waals surface area contributed by atoms with Gasteiger partial charge in [-0.15, -0.1) is 12.4 Å². The van der Waals surface area contributed by atoms with Crippen LogP contribution in [0.3, 0.4) is 0 Å². The fraction of sp³-hybridized carbons (Fsp3) is 0.0588. The third kappa shape index (κ3) is 2.93. The predicted molar refractivity (Wildman–Crippen MR) is 98.4 cm³/mol. The highest BCUT2D eigenvalue weighted by Gasteiger charge is 2.09. The Labute approximate surface area is 143 Å². The monoisotopic (exact) mass is 343 g/mol. The van der Waals surface area contributed by atoms with E-state index in [4.69, 9.17) is 4.74 Å². The number of nitrogens with one attached hydrogen (secondary N) is 1. The highest BCUT2D eigenvalue weighted by molar-refractivity contribution is 7.22. The van der Waals surface area contributed by atoms with Crippen molar-refractivity contribution in [3.63, 3.8) is 0 Å². The Balaban J connectivity index is 0.00000156. The summed E-state index contributed by atoms with van der Waals surface area (Å²) < 4.78 is 6.53. The number of hydrogen-bond donors (Lipinski definition) is 1. The highest BCUT2D eigenvalue weighted by atomic mass is 35.5. The van der Waals surface area contributed by atoms with Gasteiger partial charge in [-0.05, 0) is 24.3 Å². The third-order valence-corrected chi connectivity index (χ3v) is 4.40. The summed E-state index contributed by atoms with van der Waals surface area (Å²) in [7, 11) is 1.67. The molecule has 0 atom stereocenters. The molecule has 0 bridgehead atoms. The third-order valence-electron chi connectivity index (χ3n) is 3.45. The molecule has 6 heteroatoms. The van der Waals surface area contributed by atoms with Gasteiger partial charge in [-0.3, -0.25) is 4.98 Å². The van der Waals surface area contributed by atoms with Crippen molar-refractivity contribution in [2.45, 2.75) is 0 Å². The minimum absolute atomic E-state index is 0. The number of pyridine rings is 1. The number of hydrogen-bond acceptors (Lipinski definition) is 5. The van der Waals surface area contributed by atoms with E-state index in [1.54, 1.807) is 24.6 Å². The first-order valence-electron chi connectivity index (χ1n) is 6.89. The lowest BCUT2D eigenvalue weighted by molar-refractivity contribution is 0.415. The van der Waals surface area contributed by atoms with Crippen molar-refractivity contribution in [2.75, 3.05) is 12.4 Å². The lowest BCUT2D eigenvalue weighted by atomic mass is 10.2. The molecular weight excluding hydrogens is 330 g/mol. The highest BCUT2D eigenvalue weighted by Crippen LogP contribution is 2.33. The average molecular weight is 344 g/mol. The summed E-state index contributed by atoms with van der Waals surface area (Å²) in [6, 6.07) is 16.0. The molecule has 0 unspecified atom stereocenters. The van der Waals surface area contributed by atoms with Crippen LogP contribution >= 0.6 is 23.7 Å². The van der Waals surface area contributed by atoms with Gasteiger partial charge in [0.25, 0.3) is 0 Å². The molecule has 0 spiro atoms. The Hall–Kier alpha value is -2.37. The summed E-state index contributed by atoms with van der Waals surface area (Å²) >= 11 is 1.62. The molecule has 0 saturated heterocycles. The summed E-state index contributed by atoms with van der Waals surface area (Å²) in [5, 5.41) is 5.26. The summed E-state index contributed by atoms with van der Waals surface area (Å²) in [5.74, 6) is 0.795. The van der Waals surface area contributed by atoms with Crippen molar-refractivity contribution in [2.24, 2.45) is 0 Å². The number of benzene rings is 2. The fourth-order valence-electron chi connectivity index (χ4n) is 2.42. The average Bonchev–Trinajstić information content (AvgIpc) is 2.97. The molecule has 1 N–H and O–H groups in total. The number of aromatic nitrogens is 2. The largest absolute Gasteiger partial charge is 0.497 e. The second-order valence-electron chi connectivity index (χ2n) is 4.86. The lowest BCUT2D eigenvalue weighted by Gasteiger charge is -2.09. The maximum absolute atomic E-state index is 5.37. The van der Waals surface area contributed by atoms with E-state index in [2.05, 4.69) is 21.4 Å². The molecule has 0 fully saturated rings. The maximum atomic E-state index is 5.37. The van der Waals surface area contributed by atoms with Crippen molar-refractivity contribution in [1.29, 1.82) is 0 Å². The second-order valence-corrected chi connectivity index (χ2v) is 5.89. The van der Waals surface area contributed by atoms with Crippen LogP contribution in [-0.2, 0) is 0 Å². The minimum Gasteiger partial charge on any atom is -0.497 e. The van der Waals surface area contributed by atoms with Gasteiger partial charge in [-0.1, -0.05) is 29.5 Å². The van der Waals surface area contributed by atoms with Crippen LogP contribution in [0.25, 0.3) is 21.1 Å². The van der Waals surface area contributed by atoms with Gasteiger partial charge in [-0.2, -0.15) is 0 Å². The standard InChI is InChI=1S/C17H13N3OS.ClH/c1-21-12-9-11-5-4-8-18-16(11)14(10-12)20-17-19-13-6-2-3-7-15(13)22-17;/h2-10H,1H3,(H,19,20);1H. The van der Waals surface area contributed by atoms with Crippen molar-refractivity contribution in [1.82, 2.24) is 9.97 Å². The summed E-state index contributed by atoms with van der Waals surface area (Å²) in [5.41, 5.74) is 2.80. The number of rotatable bonds is 3. The Kier molecular flexibility index (Phi) is 4.32. The molecule has 0 radical (unpaired) electrons. The molecule has 0 aliphatic rings. The van der Waals surface area contributed by atoms with Gasteiger partial charge in [0.2, 0.25) is 0 Å². The first kappa shape index (κ1) is 15.5. The van der Waals surface area contributed by atoms with Crippen LogP contribution in [0.5, 0.6) is 5.75 Å². The number of halogens is 1. The van der Waals surface area contributed by atoms with E-state index >= 15 is 0 Å². The van der Waals surface area contributed by atoms with E-state index in [1.807, 2.05) is 42.5 Å². The van der Waals surface area contributed by atoms with Gasteiger partial charge >= 0.3 is 0 Å². The predicted octanol–water partition coefficient (Wildman–Crippen LogP) is 5.02. The molecule has 0 amide bonds. The van der Waals surface area contributed by atoms with E-state index in [0.717, 1.165) is 37.7 Å². The summed E-state index contributed by atoms with van der Waals surface area (Å²) in [6.07, 6.45) is 1.79. The second kappa shape index (κ2) is 6.40. The SMILES string of the molecule is COc1cc(Nc2nc3ccccc3s2)c2ncccc2c1.Cl. The molecule has 23 heavy (non-hydrogen) atoms. The smallest absolute Gasteiger partial charge is 0.188 e. The number of ether oxygens (including phenoxy) is 1. The molecule has 0 aliphatic carbocycles. The Morgan fingerprint density at radius 3 is 2.78 bits per heavy atom. The zero-order valence-corrected chi connectivity index (χ0v) is 13.9. The number of anilines is 2. The van der Waals surface area contributed by atoms with Crippen LogP contribution in [0.1, 0.15) is 0 Å². The normalized spacial score (nSPS) is 10.5. The van der Waals surface area contributed by atoms with Crippen molar-refractivity contribution >= 4 is 55.7 Å². The van der Waals surface area contributed by atoms with Gasteiger partial charge in [0.05, 0.1) is 28.5 Å². The molecule has 2 aromatic carbocycles. The van der Waals surface area contributed by atoms with Crippen molar-refractivity contribution in [3.05, 3.63) is 54.7 Å². The van der Waals surface area contributed by atoms with E-state index in [-0.39, 0.29) is 12.4 Å². The number of nitrogens with zero attached hydrogens (tertiary/aromatic N) is 2. The molecule has 4 nitrogen and oxygen atoms in total. The Morgan fingerprint density at radius 2 is 1.96 bits per heavy atom. The molecule has 0 saturated carbocycles. The quantitative estimate of drug-likeness (QED) is 0.567. The van der Waals surface area contributed by atoms with Crippen LogP contribution < -0.4 is 10.1 Å². The van der Waals surface area contributed by atoms with E-state index < -0.39 is 0 Å². The van der Waals surface area contributed by atoms with Crippen LogP contribution in [0.15, 0.2) is 54.7 Å². The Bertz CT molecular complexity index is 937. The summed E-state index contributed by atoms with van der Waals surface area (Å²) in [4.78, 5) is 9.07. The van der Waals surface area contributed by atoms with Crippen LogP contribution in [0, 0.1) is 0 Å². The van der Waals surface area contributed by atoms with Crippen LogP contribution in [0.2, 0.25) is 0 Å². The Morgan fingerprint density at radius 1 is 1.09 bits per heavy atom. The minimum atomic E-state index is 0. The van der Waals surface area contributed by atoms with Gasteiger partial charge in [0, 0.05) is 17.6 Å². The first-order valence-corrected chi connectivity index (χ1v) is 7.70. The zero-order chi connectivity index (χ0) is 14.9. The van der Waals surface area contributed by atoms with Crippen LogP contribution in [0.4, 0.5) is 10.8 Å². The molecule has 0 aliphatic heterocycles. The van der Waals surface area contributed by atoms with Crippen molar-refractivity contribution < 1.29 is 4.74 Å². The molecule has 116 valence electrons. The molecule has 2 heterocycles. The first-order chi connectivity index (χ1) is 10.8. The van der Waals surface area contributed by atoms with Crippen molar-refractivity contribution in [3.8, 4) is 5.75 Å². The lowest BCUT2D eigenvalue weighted by Crippen LogP contribution is -1.94. The molecule has 2 aromatic heterocycles. The molecule has 4 aromatic rings. The number of methoxy groups -OCH3 is 1. The van der Waals surface area contributed by atoms with E-state index in [9.17, 15) is 0 Å². The number of para-hydroxylation sites is 1. The fourth-order valence-corrected chi connectivity index (χ4v) is 3.30. The molecule has 4 rings (SSSR count). The summed E-state index contributed by atoms with van der Waals surface area (Å²) in [6.45, 7) is 0. The van der Waals surface area contributed by atoms with E-state index in [0.29, 0.717) is 0 Å². The zero-order valence-electron chi connectivity index (χ0n) is 12.3. The van der Waals surface area contributed by atoms with Gasteiger partial charge in [0.15, 0.2) is 5.13 Å². The molecular formula is C17H14ClN3OS. The van der Waals surface area contributed by atoms with Crippen LogP contribution in [-0.4, -0.2) is 17.1 Å². The topological polar surface area (TPSA) is 47.0 Å². The van der Waals surface area contributed by atoms with Gasteiger partial charge < -0.3 is 10.1 Å². The number of thiazole rings is 1. The number of fused-ring (bicyclic) bond motifs is 2. The van der Waals surface area contributed by atoms with Gasteiger partial charge in [0.1, 0.15) is 5.75 Å².